The second-order valence-electron chi connectivity index (χ2n) is 28.9. The first-order valence-corrected chi connectivity index (χ1v) is 36.8. The molecule has 10 nitrogen and oxygen atoms in total. The molecule has 0 aromatic heterocycles. The van der Waals surface area contributed by atoms with E-state index in [-0.39, 0.29) is 6.17 Å². The molecule has 0 saturated carbocycles. The molecule has 10 aromatic rings. The molecule has 3 saturated heterocycles. The lowest BCUT2D eigenvalue weighted by Gasteiger charge is -2.37. The molecule has 7 heterocycles. The first kappa shape index (κ1) is 69.2. The highest BCUT2D eigenvalue weighted by atomic mass is 15.5. The smallest absolute Gasteiger partial charge is 0.103 e. The van der Waals surface area contributed by atoms with E-state index in [2.05, 4.69) is 382 Å². The lowest BCUT2D eigenvalue weighted by Crippen LogP contribution is -2.44. The Bertz CT molecular complexity index is 4410. The van der Waals surface area contributed by atoms with Crippen molar-refractivity contribution in [2.75, 3.05) is 81.6 Å². The van der Waals surface area contributed by atoms with E-state index in [1.165, 1.54) is 138 Å². The summed E-state index contributed by atoms with van der Waals surface area (Å²) < 4.78 is 0. The van der Waals surface area contributed by atoms with Crippen LogP contribution in [0.2, 0.25) is 0 Å². The summed E-state index contributed by atoms with van der Waals surface area (Å²) in [6.07, 6.45) is 5.83. The number of hydrogen-bond donors (Lipinski definition) is 0. The summed E-state index contributed by atoms with van der Waals surface area (Å²) in [7, 11) is 6.58. The zero-order valence-electron chi connectivity index (χ0n) is 61.7. The number of para-hydroxylation sites is 8. The highest BCUT2D eigenvalue weighted by Gasteiger charge is 2.43. The topological polar surface area (TPSA) is 32.4 Å². The molecule has 9 atom stereocenters. The van der Waals surface area contributed by atoms with Crippen LogP contribution in [0.1, 0.15) is 109 Å². The fourth-order valence-electron chi connectivity index (χ4n) is 16.8. The maximum atomic E-state index is 2.63. The SMILES string of the molecule is Cc1ccccc1N1C2CCCN(C2)C1C.Cc1ccccc1N1C2CN(Cc3ccccc32)C1C.Cc1ccccc1N1CCc2ccccc2N(C)C1C.Cc1ccccc1N1Cc2ccccc2CN(C)C1C.Cc1ccccc1N1c2ccccc2-c2ccccc2N(C)C1C. The molecule has 3 fully saturated rings. The molecule has 0 amide bonds. The maximum absolute atomic E-state index is 2.63. The molecule has 0 aliphatic carbocycles. The molecule has 7 aliphatic rings. The number of fused-ring (bicyclic) bond motifs is 11. The van der Waals surface area contributed by atoms with Crippen molar-refractivity contribution >= 4 is 45.5 Å². The Morgan fingerprint density at radius 3 is 1.32 bits per heavy atom. The van der Waals surface area contributed by atoms with Crippen LogP contribution >= 0.6 is 0 Å². The molecular weight excluding hydrogens is 1220 g/mol. The van der Waals surface area contributed by atoms with Gasteiger partial charge in [-0.3, -0.25) is 14.7 Å². The van der Waals surface area contributed by atoms with Crippen molar-refractivity contribution in [3.8, 4) is 11.1 Å². The van der Waals surface area contributed by atoms with Gasteiger partial charge in [-0.2, -0.15) is 0 Å². The molecule has 0 N–H and O–H groups in total. The van der Waals surface area contributed by atoms with E-state index in [0.29, 0.717) is 30.7 Å². The Morgan fingerprint density at radius 1 is 0.310 bits per heavy atom. The Kier molecular flexibility index (Phi) is 21.2. The summed E-state index contributed by atoms with van der Waals surface area (Å²) in [5, 5.41) is 0. The van der Waals surface area contributed by atoms with Crippen LogP contribution in [0.4, 0.5) is 45.5 Å². The zero-order chi connectivity index (χ0) is 69.7. The first-order valence-electron chi connectivity index (χ1n) is 36.8. The number of nitrogens with zero attached hydrogens (tertiary/aromatic N) is 10. The predicted octanol–water partition coefficient (Wildman–Crippen LogP) is 19.6. The van der Waals surface area contributed by atoms with Gasteiger partial charge in [0.1, 0.15) is 6.17 Å². The van der Waals surface area contributed by atoms with E-state index >= 15 is 0 Å². The highest BCUT2D eigenvalue weighted by Crippen LogP contribution is 2.47. The van der Waals surface area contributed by atoms with Crippen LogP contribution in [0.3, 0.4) is 0 Å². The second-order valence-corrected chi connectivity index (χ2v) is 28.9. The van der Waals surface area contributed by atoms with Gasteiger partial charge in [0.05, 0.1) is 36.4 Å². The number of rotatable bonds is 5. The van der Waals surface area contributed by atoms with E-state index in [1.54, 1.807) is 0 Å². The number of aryl methyl sites for hydroxylation is 5. The van der Waals surface area contributed by atoms with Crippen molar-refractivity contribution in [3.63, 3.8) is 0 Å². The van der Waals surface area contributed by atoms with Crippen LogP contribution < -0.4 is 34.3 Å². The molecular formula is C90H106N10. The number of anilines is 8. The van der Waals surface area contributed by atoms with Crippen molar-refractivity contribution in [1.29, 1.82) is 0 Å². The molecule has 4 bridgehead atoms. The van der Waals surface area contributed by atoms with Crippen molar-refractivity contribution in [3.05, 3.63) is 298 Å². The number of hydrogen-bond acceptors (Lipinski definition) is 10. The molecule has 0 spiro atoms. The van der Waals surface area contributed by atoms with Gasteiger partial charge in [0.15, 0.2) is 0 Å². The maximum Gasteiger partial charge on any atom is 0.103 e. The van der Waals surface area contributed by atoms with Crippen molar-refractivity contribution < 1.29 is 0 Å². The number of benzene rings is 10. The average molecular weight is 1330 g/mol. The van der Waals surface area contributed by atoms with Gasteiger partial charge in [-0.05, 0) is 200 Å². The minimum Gasteiger partial charge on any atom is -0.354 e. The van der Waals surface area contributed by atoms with Crippen LogP contribution in [-0.4, -0.2) is 98.9 Å². The quantitative estimate of drug-likeness (QED) is 0.166. The van der Waals surface area contributed by atoms with E-state index in [4.69, 9.17) is 0 Å². The van der Waals surface area contributed by atoms with Crippen LogP contribution in [0, 0.1) is 34.6 Å². The zero-order valence-corrected chi connectivity index (χ0v) is 61.7. The van der Waals surface area contributed by atoms with Crippen LogP contribution in [0.15, 0.2) is 243 Å². The predicted molar refractivity (Wildman–Crippen MR) is 425 cm³/mol. The molecule has 100 heavy (non-hydrogen) atoms. The first-order chi connectivity index (χ1) is 48.6. The normalized spacial score (nSPS) is 22.4. The lowest BCUT2D eigenvalue weighted by molar-refractivity contribution is 0.244. The number of piperidine rings is 1. The minimum absolute atomic E-state index is 0.218. The Hall–Kier alpha value is -9.32. The average Bonchev–Trinajstić information content (AvgIpc) is 1.59. The fourth-order valence-corrected chi connectivity index (χ4v) is 16.8. The molecule has 7 aliphatic heterocycles. The molecule has 0 radical (unpaired) electrons. The minimum atomic E-state index is 0.218. The monoisotopic (exact) mass is 1330 g/mol. The second kappa shape index (κ2) is 30.7. The molecule has 516 valence electrons. The largest absolute Gasteiger partial charge is 0.354 e. The van der Waals surface area contributed by atoms with Gasteiger partial charge in [-0.1, -0.05) is 194 Å². The van der Waals surface area contributed by atoms with E-state index in [0.717, 1.165) is 45.2 Å². The molecule has 9 unspecified atom stereocenters. The summed E-state index contributed by atoms with van der Waals surface area (Å²) in [5.41, 5.74) is 27.3. The third kappa shape index (κ3) is 14.1. The Labute approximate surface area is 598 Å². The van der Waals surface area contributed by atoms with Gasteiger partial charge in [-0.15, -0.1) is 0 Å². The van der Waals surface area contributed by atoms with Crippen molar-refractivity contribution in [1.82, 2.24) is 14.7 Å². The van der Waals surface area contributed by atoms with Crippen molar-refractivity contribution in [2.24, 2.45) is 0 Å². The molecule has 10 aromatic carbocycles. The van der Waals surface area contributed by atoms with Crippen LogP contribution in [0.5, 0.6) is 0 Å². The van der Waals surface area contributed by atoms with Gasteiger partial charge in [0.2, 0.25) is 0 Å². The highest BCUT2D eigenvalue weighted by molar-refractivity contribution is 5.92. The van der Waals surface area contributed by atoms with Crippen LogP contribution in [0.25, 0.3) is 11.1 Å². The van der Waals surface area contributed by atoms with Gasteiger partial charge < -0.3 is 34.3 Å². The van der Waals surface area contributed by atoms with Gasteiger partial charge in [-0.25, -0.2) is 0 Å². The van der Waals surface area contributed by atoms with Crippen LogP contribution in [-0.2, 0) is 26.1 Å². The van der Waals surface area contributed by atoms with Gasteiger partial charge in [0.25, 0.3) is 0 Å². The Balaban J connectivity index is 0.000000113. The van der Waals surface area contributed by atoms with E-state index < -0.39 is 0 Å². The van der Waals surface area contributed by atoms with Gasteiger partial charge in [0, 0.05) is 117 Å². The molecule has 10 heteroatoms. The summed E-state index contributed by atoms with van der Waals surface area (Å²) in [6, 6.07) is 88.6. The summed E-state index contributed by atoms with van der Waals surface area (Å²) >= 11 is 0. The third-order valence-corrected chi connectivity index (χ3v) is 22.9. The summed E-state index contributed by atoms with van der Waals surface area (Å²) in [5.74, 6) is 0. The van der Waals surface area contributed by atoms with Crippen molar-refractivity contribution in [2.45, 2.75) is 151 Å². The summed E-state index contributed by atoms with van der Waals surface area (Å²) in [6.45, 7) is 30.3. The third-order valence-electron chi connectivity index (χ3n) is 22.9. The Morgan fingerprint density at radius 2 is 0.740 bits per heavy atom. The van der Waals surface area contributed by atoms with E-state index in [1.807, 2.05) is 0 Å². The lowest BCUT2D eigenvalue weighted by atomic mass is 9.96. The van der Waals surface area contributed by atoms with Gasteiger partial charge >= 0.3 is 0 Å². The standard InChI is InChI=1S/C22H22N2.C18H20N2.2C18H22N2.C14H20N2/c1-16-10-4-7-13-20(16)24-17(2)23(3)21-14-8-5-11-18(21)19-12-6-9-15-22(19)24;1-13-7-3-6-10-17(13)20-14(2)19-11-15-8-4-5-9-16(15)18(20)12-19;1-14-8-4-7-11-18(14)20-13-17-10-6-5-9-16(17)12-19(3)15(20)2;1-14-8-4-6-10-17(14)20-13-12-16-9-5-7-11-18(16)19(3)15(20)2;1-11-6-3-4-8-14(11)16-12(2)15-9-5-7-13(16)10-15/h4-15,17H,1-3H3;3-10,14,18H,11-12H2,1-2H3;2*4-11,15H,12-13H2,1-3H3;3-4,6,8,12-13H,5,7,9-10H2,1-2H3. The summed E-state index contributed by atoms with van der Waals surface area (Å²) in [4.78, 5) is 25.0. The molecule has 17 rings (SSSR count). The fraction of sp³-hybridized carbons (Fsp3) is 0.333. The van der Waals surface area contributed by atoms with E-state index in [9.17, 15) is 0 Å².